The van der Waals surface area contributed by atoms with Crippen LogP contribution in [0, 0.1) is 0 Å². The molecule has 3 aliphatic rings. The number of fused-ring (bicyclic) bond motifs is 4. The lowest BCUT2D eigenvalue weighted by atomic mass is 9.79. The molecule has 15 nitrogen and oxygen atoms in total. The molecule has 2 aromatic rings. The second kappa shape index (κ2) is 12.9. The summed E-state index contributed by atoms with van der Waals surface area (Å²) in [5.74, 6) is -3.74. The number of anilines is 1. The first-order chi connectivity index (χ1) is 22.4. The van der Waals surface area contributed by atoms with E-state index >= 15 is 0 Å². The maximum Gasteiger partial charge on any atom is 0.303 e. The van der Waals surface area contributed by atoms with Gasteiger partial charge < -0.3 is 28.4 Å². The number of carboxylic acids is 1. The lowest BCUT2D eigenvalue weighted by Crippen LogP contribution is -2.54. The Morgan fingerprint density at radius 1 is 0.898 bits per heavy atom. The maximum atomic E-state index is 12.0. The molecule has 0 saturated carbocycles. The molecule has 2 atom stereocenters. The van der Waals surface area contributed by atoms with Crippen LogP contribution in [0.25, 0.3) is 0 Å². The number of hydrogen-bond donors (Lipinski definition) is 1. The highest BCUT2D eigenvalue weighted by Crippen LogP contribution is 2.49. The van der Waals surface area contributed by atoms with Gasteiger partial charge in [0.15, 0.2) is 17.0 Å². The van der Waals surface area contributed by atoms with Gasteiger partial charge in [-0.3, -0.25) is 4.79 Å². The molecule has 2 unspecified atom stereocenters. The van der Waals surface area contributed by atoms with E-state index in [0.29, 0.717) is 58.4 Å². The molecule has 1 N–H and O–H groups in total. The Morgan fingerprint density at radius 2 is 1.53 bits per heavy atom. The number of ether oxygens (including phenoxy) is 1. The summed E-state index contributed by atoms with van der Waals surface area (Å²) in [7, 11) is -13.8. The third-order valence-electron chi connectivity index (χ3n) is 9.45. The normalized spacial score (nSPS) is 21.0. The van der Waals surface area contributed by atoms with E-state index in [9.17, 15) is 48.8 Å². The Bertz CT molecular complexity index is 2150. The number of nitrogens with zero attached hydrogens (tertiary/aromatic N) is 3. The van der Waals surface area contributed by atoms with E-state index < -0.39 is 76.5 Å². The van der Waals surface area contributed by atoms with Gasteiger partial charge in [0.25, 0.3) is 0 Å². The smallest absolute Gasteiger partial charge is 0.303 e. The first-order valence-corrected chi connectivity index (χ1v) is 20.5. The molecule has 0 bridgehead atoms. The van der Waals surface area contributed by atoms with Crippen molar-refractivity contribution >= 4 is 47.7 Å². The van der Waals surface area contributed by atoms with Gasteiger partial charge in [0.2, 0.25) is 5.36 Å². The minimum absolute atomic E-state index is 0.00422. The van der Waals surface area contributed by atoms with Crippen molar-refractivity contribution in [2.75, 3.05) is 35.2 Å². The Balaban J connectivity index is 1.68. The van der Waals surface area contributed by atoms with Crippen molar-refractivity contribution in [1.29, 1.82) is 0 Å². The number of hydrogen-bond acceptors (Lipinski definition) is 13. The largest absolute Gasteiger partial charge is 0.748 e. The predicted molar refractivity (Wildman–Crippen MR) is 175 cm³/mol. The van der Waals surface area contributed by atoms with E-state index in [4.69, 9.17) is 9.73 Å². The molecule has 0 spiro atoms. The van der Waals surface area contributed by atoms with Crippen LogP contribution >= 0.6 is 0 Å². The van der Waals surface area contributed by atoms with Crippen molar-refractivity contribution in [3.05, 3.63) is 46.1 Å². The maximum absolute atomic E-state index is 12.0. The van der Waals surface area contributed by atoms with Gasteiger partial charge >= 0.3 is 5.97 Å². The number of rotatable bonds is 12. The predicted octanol–water partition coefficient (Wildman–Crippen LogP) is 1.46. The zero-order valence-corrected chi connectivity index (χ0v) is 30.0. The van der Waals surface area contributed by atoms with Crippen LogP contribution in [-0.2, 0) is 35.1 Å². The van der Waals surface area contributed by atoms with Gasteiger partial charge in [0.05, 0.1) is 42.8 Å². The molecule has 0 saturated heterocycles. The van der Waals surface area contributed by atoms with Crippen LogP contribution in [0.1, 0.15) is 82.8 Å². The fourth-order valence-electron chi connectivity index (χ4n) is 7.58. The quantitative estimate of drug-likeness (QED) is 0.205. The standard InChI is InChI=1S/C31H41N3O12S3/c1-30(2)15-19(17-48(40,41)42)21-11-23-27(13-25(21)33(30)8-5-7-29(35)36)46-28-14-26-22(12-24(28)32-23)20(18-49(43,44)45)16-31(3,4)34(26)9-6-10-47(37,38)39/h11-14,19-20H,5-10,15-18H2,1-4H3,(H3-,35,36,37,38,39,40,41,42,43,44,45)/p-2. The summed E-state index contributed by atoms with van der Waals surface area (Å²) < 4.78 is 114. The minimum Gasteiger partial charge on any atom is -0.748 e. The molecule has 5 rings (SSSR count). The zero-order chi connectivity index (χ0) is 36.3. The summed E-state index contributed by atoms with van der Waals surface area (Å²) in [6.07, 6.45) is 0.749. The van der Waals surface area contributed by atoms with Crippen LogP contribution in [-0.4, -0.2) is 91.4 Å². The summed E-state index contributed by atoms with van der Waals surface area (Å²) in [6, 6.07) is 6.61. The first kappa shape index (κ1) is 37.1. The van der Waals surface area contributed by atoms with Crippen molar-refractivity contribution in [3.8, 4) is 11.5 Å². The van der Waals surface area contributed by atoms with Crippen molar-refractivity contribution in [2.45, 2.75) is 82.7 Å². The Morgan fingerprint density at radius 3 is 2.12 bits per heavy atom. The molecule has 0 aliphatic carbocycles. The molecule has 2 aromatic carbocycles. The lowest BCUT2D eigenvalue weighted by Gasteiger charge is -2.48. The van der Waals surface area contributed by atoms with Crippen LogP contribution in [0.3, 0.4) is 0 Å². The minimum atomic E-state index is -4.66. The van der Waals surface area contributed by atoms with Crippen LogP contribution < -0.4 is 24.9 Å². The molecule has 3 heterocycles. The summed E-state index contributed by atoms with van der Waals surface area (Å²) in [5, 5.41) is 10.1. The van der Waals surface area contributed by atoms with Gasteiger partial charge in [-0.05, 0) is 58.2 Å². The van der Waals surface area contributed by atoms with E-state index in [1.165, 1.54) is 0 Å². The molecule has 0 radical (unpaired) electrons. The van der Waals surface area contributed by atoms with Gasteiger partial charge in [-0.1, -0.05) is 0 Å². The summed E-state index contributed by atoms with van der Waals surface area (Å²) in [5.41, 5.74) is 0.434. The van der Waals surface area contributed by atoms with Crippen LogP contribution in [0.5, 0.6) is 11.5 Å². The summed E-state index contributed by atoms with van der Waals surface area (Å²) in [4.78, 5) is 17.9. The van der Waals surface area contributed by atoms with E-state index in [-0.39, 0.29) is 31.6 Å². The number of carbonyl (C=O) groups is 1. The van der Waals surface area contributed by atoms with Crippen molar-refractivity contribution in [1.82, 2.24) is 4.58 Å². The molecular weight excluding hydrogens is 703 g/mol. The molecule has 0 fully saturated rings. The van der Waals surface area contributed by atoms with Crippen molar-refractivity contribution in [2.24, 2.45) is 4.99 Å². The Labute approximate surface area is 285 Å². The molecule has 0 amide bonds. The molecule has 3 aliphatic heterocycles. The number of aliphatic carboxylic acids is 1. The fraction of sp³-hybridized carbons (Fsp3) is 0.581. The van der Waals surface area contributed by atoms with Crippen molar-refractivity contribution in [3.63, 3.8) is 0 Å². The molecule has 49 heavy (non-hydrogen) atoms. The lowest BCUT2D eigenvalue weighted by molar-refractivity contribution is -0.137. The second-order valence-electron chi connectivity index (χ2n) is 14.3. The average Bonchev–Trinajstić information content (AvgIpc) is 2.91. The average molecular weight is 742 g/mol. The van der Waals surface area contributed by atoms with Crippen LogP contribution in [0.15, 0.2) is 29.3 Å². The topological polar surface area (TPSA) is 237 Å². The van der Waals surface area contributed by atoms with E-state index in [0.717, 1.165) is 0 Å². The molecule has 270 valence electrons. The van der Waals surface area contributed by atoms with Gasteiger partial charge in [0.1, 0.15) is 17.6 Å². The highest BCUT2D eigenvalue weighted by molar-refractivity contribution is 7.86. The fourth-order valence-corrected chi connectivity index (χ4v) is 9.64. The second-order valence-corrected chi connectivity index (χ2v) is 18.7. The van der Waals surface area contributed by atoms with Gasteiger partial charge in [-0.2, -0.15) is 0 Å². The molecule has 18 heteroatoms. The Kier molecular flexibility index (Phi) is 9.74. The van der Waals surface area contributed by atoms with Crippen molar-refractivity contribution < 1.29 is 53.5 Å². The van der Waals surface area contributed by atoms with Crippen LogP contribution in [0.2, 0.25) is 0 Å². The van der Waals surface area contributed by atoms with E-state index in [1.54, 1.807) is 24.3 Å². The number of carboxylic acid groups (broad SMARTS) is 1. The van der Waals surface area contributed by atoms with Gasteiger partial charge in [-0.15, -0.1) is 0 Å². The van der Waals surface area contributed by atoms with Gasteiger partial charge in [-0.25, -0.2) is 34.8 Å². The summed E-state index contributed by atoms with van der Waals surface area (Å²) in [6.45, 7) is 7.91. The highest BCUT2D eigenvalue weighted by atomic mass is 32.2. The third-order valence-corrected chi connectivity index (χ3v) is 11.9. The first-order valence-electron chi connectivity index (χ1n) is 15.8. The third kappa shape index (κ3) is 8.60. The monoisotopic (exact) mass is 741 g/mol. The highest BCUT2D eigenvalue weighted by Gasteiger charge is 2.42. The Hall–Kier alpha value is -3.16. The van der Waals surface area contributed by atoms with E-state index in [2.05, 4.69) is 0 Å². The van der Waals surface area contributed by atoms with Gasteiger partial charge in [0, 0.05) is 71.3 Å². The zero-order valence-electron chi connectivity index (χ0n) is 27.5. The summed E-state index contributed by atoms with van der Waals surface area (Å²) >= 11 is 0. The molecular formula is C31H39N3O12S3-2. The van der Waals surface area contributed by atoms with E-state index in [1.807, 2.05) is 37.2 Å². The molecule has 0 aromatic heterocycles. The number of benzene rings is 2. The SMILES string of the molecule is CC1(C)CC(CS(=O)(=O)[O-])c2cc3c(cc2N1CCCS(=O)(=O)[O-])Oc1cc2c(cc1=N3)C(CS(=O)(=O)[O-])CC(C)(C)[N+]=2CCCC(=O)O. The van der Waals surface area contributed by atoms with Crippen LogP contribution in [0.4, 0.5) is 11.4 Å².